The maximum Gasteiger partial charge on any atom is 0.192 e. The van der Waals surface area contributed by atoms with Crippen LogP contribution in [0, 0.1) is 21.3 Å². The molecule has 2 rings (SSSR count). The molecule has 0 aliphatic heterocycles. The molecule has 0 aromatic heterocycles. The first-order valence-electron chi connectivity index (χ1n) is 8.62. The van der Waals surface area contributed by atoms with Gasteiger partial charge in [0.1, 0.15) is 0 Å². The van der Waals surface area contributed by atoms with Gasteiger partial charge in [-0.3, -0.25) is 0 Å². The summed E-state index contributed by atoms with van der Waals surface area (Å²) in [5, 5.41) is 0.300. The summed E-state index contributed by atoms with van der Waals surface area (Å²) in [6, 6.07) is 8.46. The van der Waals surface area contributed by atoms with Crippen molar-refractivity contribution < 1.29 is 4.43 Å². The molecule has 0 amide bonds. The summed E-state index contributed by atoms with van der Waals surface area (Å²) in [6.45, 7) is 11.7. The van der Waals surface area contributed by atoms with E-state index in [4.69, 9.17) is 4.43 Å². The molecule has 0 radical (unpaired) electrons. The third kappa shape index (κ3) is 5.62. The minimum Gasteiger partial charge on any atom is -0.414 e. The molecule has 1 fully saturated rings. The summed E-state index contributed by atoms with van der Waals surface area (Å²) < 4.78 is 7.82. The predicted molar refractivity (Wildman–Crippen MR) is 110 cm³/mol. The van der Waals surface area contributed by atoms with E-state index in [0.717, 1.165) is 5.56 Å². The Bertz CT molecular complexity index is 566. The molecule has 0 unspecified atom stereocenters. The highest BCUT2D eigenvalue weighted by atomic mass is 127. The minimum atomic E-state index is -1.63. The van der Waals surface area contributed by atoms with Crippen molar-refractivity contribution in [2.24, 2.45) is 5.92 Å². The first kappa shape index (κ1) is 19.0. The van der Waals surface area contributed by atoms with Gasteiger partial charge in [0.15, 0.2) is 8.32 Å². The Hall–Kier alpha value is -0.313. The van der Waals surface area contributed by atoms with Gasteiger partial charge in [-0.2, -0.15) is 0 Å². The van der Waals surface area contributed by atoms with Gasteiger partial charge >= 0.3 is 0 Å². The van der Waals surface area contributed by atoms with Gasteiger partial charge in [-0.15, -0.1) is 0 Å². The van der Waals surface area contributed by atoms with E-state index in [0.29, 0.717) is 17.1 Å². The van der Waals surface area contributed by atoms with Crippen molar-refractivity contribution in [3.8, 4) is 11.8 Å². The van der Waals surface area contributed by atoms with Gasteiger partial charge in [0.2, 0.25) is 0 Å². The maximum absolute atomic E-state index is 6.56. The number of halogens is 1. The topological polar surface area (TPSA) is 9.23 Å². The van der Waals surface area contributed by atoms with Gasteiger partial charge in [0, 0.05) is 21.2 Å². The Balaban J connectivity index is 1.86. The monoisotopic (exact) mass is 440 g/mol. The van der Waals surface area contributed by atoms with Crippen LogP contribution in [0.1, 0.15) is 52.0 Å². The van der Waals surface area contributed by atoms with Crippen LogP contribution in [-0.4, -0.2) is 14.4 Å². The molecule has 0 spiro atoms. The molecule has 1 aliphatic rings. The van der Waals surface area contributed by atoms with Crippen molar-refractivity contribution in [2.75, 3.05) is 0 Å². The molecule has 3 heteroatoms. The summed E-state index contributed by atoms with van der Waals surface area (Å²) in [5.41, 5.74) is 1.13. The molecule has 1 nitrogen and oxygen atoms in total. The molecule has 23 heavy (non-hydrogen) atoms. The van der Waals surface area contributed by atoms with Crippen molar-refractivity contribution in [3.63, 3.8) is 0 Å². The van der Waals surface area contributed by atoms with Crippen LogP contribution in [-0.2, 0) is 4.43 Å². The lowest BCUT2D eigenvalue weighted by Gasteiger charge is -2.40. The van der Waals surface area contributed by atoms with Crippen LogP contribution < -0.4 is 0 Å². The van der Waals surface area contributed by atoms with Crippen LogP contribution in [0.25, 0.3) is 0 Å². The molecule has 126 valence electrons. The second kappa shape index (κ2) is 7.71. The van der Waals surface area contributed by atoms with Crippen molar-refractivity contribution in [2.45, 2.75) is 70.7 Å². The second-order valence-electron chi connectivity index (χ2n) is 8.13. The van der Waals surface area contributed by atoms with Gasteiger partial charge < -0.3 is 4.43 Å². The van der Waals surface area contributed by atoms with E-state index in [1.165, 1.54) is 29.3 Å². The summed E-state index contributed by atoms with van der Waals surface area (Å²) in [5.74, 6) is 7.35. The van der Waals surface area contributed by atoms with Crippen LogP contribution in [0.2, 0.25) is 18.1 Å². The molecule has 0 saturated heterocycles. The highest BCUT2D eigenvalue weighted by Crippen LogP contribution is 2.39. The van der Waals surface area contributed by atoms with Gasteiger partial charge in [0.05, 0.1) is 0 Å². The number of hydrogen-bond acceptors (Lipinski definition) is 1. The highest BCUT2D eigenvalue weighted by Gasteiger charge is 2.39. The smallest absolute Gasteiger partial charge is 0.192 e. The first-order chi connectivity index (χ1) is 10.7. The van der Waals surface area contributed by atoms with Crippen molar-refractivity contribution in [1.29, 1.82) is 0 Å². The zero-order chi connectivity index (χ0) is 17.1. The molecule has 0 N–H and O–H groups in total. The first-order valence-corrected chi connectivity index (χ1v) is 12.6. The maximum atomic E-state index is 6.56. The van der Waals surface area contributed by atoms with Crippen LogP contribution in [0.15, 0.2) is 24.3 Å². The molecular formula is C20H29IOSi. The molecule has 1 saturated carbocycles. The number of hydrogen-bond donors (Lipinski definition) is 0. The number of benzene rings is 1. The molecule has 0 heterocycles. The van der Waals surface area contributed by atoms with E-state index >= 15 is 0 Å². The largest absolute Gasteiger partial charge is 0.414 e. The van der Waals surface area contributed by atoms with Crippen LogP contribution in [0.4, 0.5) is 0 Å². The van der Waals surface area contributed by atoms with Gasteiger partial charge in [-0.25, -0.2) is 0 Å². The molecule has 0 bridgehead atoms. The van der Waals surface area contributed by atoms with Crippen LogP contribution >= 0.6 is 22.6 Å². The predicted octanol–water partition coefficient (Wildman–Crippen LogP) is 6.22. The lowest BCUT2D eigenvalue weighted by atomic mass is 9.88. The van der Waals surface area contributed by atoms with Gasteiger partial charge in [-0.05, 0) is 90.7 Å². The lowest BCUT2D eigenvalue weighted by Crippen LogP contribution is -2.44. The zero-order valence-electron chi connectivity index (χ0n) is 15.1. The third-order valence-corrected chi connectivity index (χ3v) is 10.5. The minimum absolute atomic E-state index is 0.300. The van der Waals surface area contributed by atoms with Crippen molar-refractivity contribution in [3.05, 3.63) is 33.4 Å². The highest BCUT2D eigenvalue weighted by molar-refractivity contribution is 14.1. The molecule has 1 aliphatic carbocycles. The van der Waals surface area contributed by atoms with Crippen molar-refractivity contribution >= 4 is 30.9 Å². The molecule has 1 aromatic carbocycles. The Labute approximate surface area is 156 Å². The lowest BCUT2D eigenvalue weighted by molar-refractivity contribution is 0.127. The fourth-order valence-corrected chi connectivity index (χ4v) is 4.42. The van der Waals surface area contributed by atoms with Gasteiger partial charge in [0.25, 0.3) is 0 Å². The third-order valence-electron chi connectivity index (χ3n) is 5.21. The Kier molecular flexibility index (Phi) is 6.38. The number of rotatable bonds is 2. The quantitative estimate of drug-likeness (QED) is 0.301. The van der Waals surface area contributed by atoms with E-state index in [-0.39, 0.29) is 0 Å². The van der Waals surface area contributed by atoms with Crippen LogP contribution in [0.3, 0.4) is 0 Å². The van der Waals surface area contributed by atoms with Crippen LogP contribution in [0.5, 0.6) is 0 Å². The summed E-state index contributed by atoms with van der Waals surface area (Å²) >= 11 is 2.33. The van der Waals surface area contributed by atoms with Gasteiger partial charge in [-0.1, -0.05) is 32.6 Å². The summed E-state index contributed by atoms with van der Waals surface area (Å²) in [6.07, 6.45) is 5.14. The van der Waals surface area contributed by atoms with Crippen molar-refractivity contribution in [1.82, 2.24) is 0 Å². The zero-order valence-corrected chi connectivity index (χ0v) is 18.2. The standard InChI is InChI=1S/C20H29IOSi/c1-20(2,3)23(4,5)22-19-14-10-17(11-15-19)7-6-16-8-12-18(21)13-9-16/h8-9,12-13,17,19H,10-11,14-15H2,1-5H3. The van der Waals surface area contributed by atoms with E-state index in [1.807, 2.05) is 0 Å². The fraction of sp³-hybridized carbons (Fsp3) is 0.600. The second-order valence-corrected chi connectivity index (χ2v) is 14.1. The average molecular weight is 440 g/mol. The summed E-state index contributed by atoms with van der Waals surface area (Å²) in [4.78, 5) is 0. The Morgan fingerprint density at radius 2 is 1.61 bits per heavy atom. The molecular weight excluding hydrogens is 411 g/mol. The molecule has 0 atom stereocenters. The van der Waals surface area contributed by atoms with E-state index in [1.54, 1.807) is 0 Å². The van der Waals surface area contributed by atoms with E-state index in [2.05, 4.69) is 92.6 Å². The normalized spacial score (nSPS) is 22.3. The van der Waals surface area contributed by atoms with E-state index < -0.39 is 8.32 Å². The SMILES string of the molecule is CC(C)(C)[Si](C)(C)OC1CCC(C#Cc2ccc(I)cc2)CC1. The van der Waals surface area contributed by atoms with E-state index in [9.17, 15) is 0 Å². The summed E-state index contributed by atoms with van der Waals surface area (Å²) in [7, 11) is -1.63. The fourth-order valence-electron chi connectivity index (χ4n) is 2.64. The Morgan fingerprint density at radius 1 is 1.04 bits per heavy atom. The average Bonchev–Trinajstić information content (AvgIpc) is 2.47. The molecule has 1 aromatic rings. The Morgan fingerprint density at radius 3 is 2.13 bits per heavy atom.